The summed E-state index contributed by atoms with van der Waals surface area (Å²) in [6, 6.07) is 4.07. The highest BCUT2D eigenvalue weighted by atomic mass is 35.5. The largest absolute Gasteiger partial charge is 0.370 e. The normalized spacial score (nSPS) is 17.4. The monoisotopic (exact) mass is 423 g/mol. The van der Waals surface area contributed by atoms with Gasteiger partial charge in [0.25, 0.3) is 10.0 Å². The van der Waals surface area contributed by atoms with E-state index >= 15 is 0 Å². The van der Waals surface area contributed by atoms with Crippen LogP contribution in [-0.4, -0.2) is 33.2 Å². The average molecular weight is 424 g/mol. The van der Waals surface area contributed by atoms with Crippen molar-refractivity contribution < 1.29 is 26.0 Å². The quantitative estimate of drug-likeness (QED) is 0.452. The second kappa shape index (κ2) is 7.51. The number of aromatic nitrogens is 1. The van der Waals surface area contributed by atoms with Crippen LogP contribution in [0.2, 0.25) is 5.02 Å². The van der Waals surface area contributed by atoms with E-state index in [0.717, 1.165) is 18.2 Å². The molecule has 5 nitrogen and oxygen atoms in total. The first kappa shape index (κ1) is 19.7. The van der Waals surface area contributed by atoms with Crippen molar-refractivity contribution in [3.63, 3.8) is 0 Å². The fourth-order valence-corrected chi connectivity index (χ4v) is 4.34. The van der Waals surface area contributed by atoms with Gasteiger partial charge in [-0.3, -0.25) is 9.11 Å². The van der Waals surface area contributed by atoms with Crippen molar-refractivity contribution in [1.82, 2.24) is 4.98 Å². The van der Waals surface area contributed by atoms with Crippen molar-refractivity contribution in [1.29, 1.82) is 0 Å². The van der Waals surface area contributed by atoms with Crippen LogP contribution in [0.4, 0.5) is 29.1 Å². The third-order valence-corrected chi connectivity index (χ3v) is 5.91. The first-order valence-corrected chi connectivity index (χ1v) is 9.73. The minimum Gasteiger partial charge on any atom is -0.370 e. The first-order valence-electron chi connectivity index (χ1n) is 7.86. The Kier molecular flexibility index (Phi) is 5.48. The molecule has 1 unspecified atom stereocenters. The summed E-state index contributed by atoms with van der Waals surface area (Å²) in [7, 11) is -4.76. The zero-order chi connectivity index (χ0) is 19.8. The second-order valence-corrected chi connectivity index (χ2v) is 8.04. The van der Waals surface area contributed by atoms with Crippen LogP contribution >= 0.6 is 11.6 Å². The maximum absolute atomic E-state index is 14.6. The van der Waals surface area contributed by atoms with Gasteiger partial charge in [-0.25, -0.2) is 22.2 Å². The second-order valence-electron chi connectivity index (χ2n) is 6.04. The molecule has 2 heterocycles. The van der Waals surface area contributed by atoms with Crippen molar-refractivity contribution >= 4 is 33.1 Å². The topological polar surface area (TPSA) is 62.3 Å². The Labute approximate surface area is 158 Å². The zero-order valence-electron chi connectivity index (χ0n) is 13.7. The number of hydrogen-bond donors (Lipinski definition) is 1. The van der Waals surface area contributed by atoms with Crippen LogP contribution in [0, 0.1) is 23.5 Å². The van der Waals surface area contributed by atoms with Crippen molar-refractivity contribution in [2.45, 2.75) is 11.3 Å². The van der Waals surface area contributed by atoms with Crippen molar-refractivity contribution in [2.24, 2.45) is 5.92 Å². The highest BCUT2D eigenvalue weighted by Gasteiger charge is 2.32. The molecule has 1 saturated heterocycles. The van der Waals surface area contributed by atoms with Crippen molar-refractivity contribution in [2.75, 3.05) is 29.4 Å². The lowest BCUT2D eigenvalue weighted by Gasteiger charge is -2.21. The van der Waals surface area contributed by atoms with Gasteiger partial charge in [0.1, 0.15) is 16.7 Å². The lowest BCUT2D eigenvalue weighted by molar-refractivity contribution is 0.385. The van der Waals surface area contributed by atoms with Gasteiger partial charge in [-0.15, -0.1) is 0 Å². The summed E-state index contributed by atoms with van der Waals surface area (Å²) in [5, 5.41) is -0.594. The molecule has 0 spiro atoms. The molecule has 1 N–H and O–H groups in total. The number of pyridine rings is 1. The van der Waals surface area contributed by atoms with E-state index in [0.29, 0.717) is 13.0 Å². The summed E-state index contributed by atoms with van der Waals surface area (Å²) in [6.07, 6.45) is 0.489. The Bertz CT molecular complexity index is 974. The Morgan fingerprint density at radius 3 is 2.67 bits per heavy atom. The Hall–Kier alpha value is -2.07. The van der Waals surface area contributed by atoms with Crippen LogP contribution in [0.3, 0.4) is 0 Å². The summed E-state index contributed by atoms with van der Waals surface area (Å²) >= 11 is 5.93. The van der Waals surface area contributed by atoms with Crippen LogP contribution in [0.25, 0.3) is 0 Å². The number of hydrogen-bond acceptors (Lipinski definition) is 4. The number of sulfonamides is 1. The molecule has 1 atom stereocenters. The summed E-state index contributed by atoms with van der Waals surface area (Å²) < 4.78 is 81.5. The molecule has 146 valence electrons. The minimum absolute atomic E-state index is 0.0505. The van der Waals surface area contributed by atoms with E-state index in [9.17, 15) is 26.0 Å². The van der Waals surface area contributed by atoms with E-state index in [1.807, 2.05) is 4.72 Å². The number of rotatable bonds is 5. The van der Waals surface area contributed by atoms with Gasteiger partial charge in [0.15, 0.2) is 10.7 Å². The molecule has 1 aromatic carbocycles. The van der Waals surface area contributed by atoms with Crippen LogP contribution in [-0.2, 0) is 10.0 Å². The smallest absolute Gasteiger partial charge is 0.268 e. The summed E-state index contributed by atoms with van der Waals surface area (Å²) in [5.74, 6) is -4.56. The number of alkyl halides is 1. The van der Waals surface area contributed by atoms with Gasteiger partial charge in [-0.2, -0.15) is 4.39 Å². The van der Waals surface area contributed by atoms with Gasteiger partial charge in [-0.05, 0) is 18.6 Å². The van der Waals surface area contributed by atoms with Gasteiger partial charge in [0, 0.05) is 25.1 Å². The van der Waals surface area contributed by atoms with Gasteiger partial charge in [0.2, 0.25) is 5.95 Å². The lowest BCUT2D eigenvalue weighted by Crippen LogP contribution is -2.23. The molecule has 0 amide bonds. The zero-order valence-corrected chi connectivity index (χ0v) is 15.3. The molecular weight excluding hydrogens is 410 g/mol. The predicted octanol–water partition coefficient (Wildman–Crippen LogP) is 3.75. The molecule has 1 aliphatic rings. The minimum atomic E-state index is -4.76. The number of nitrogens with one attached hydrogen (secondary N) is 1. The summed E-state index contributed by atoms with van der Waals surface area (Å²) in [4.78, 5) is 3.48. The third kappa shape index (κ3) is 3.96. The highest BCUT2D eigenvalue weighted by Crippen LogP contribution is 2.37. The van der Waals surface area contributed by atoms with Gasteiger partial charge in [-0.1, -0.05) is 17.7 Å². The van der Waals surface area contributed by atoms with E-state index in [1.165, 1.54) is 11.0 Å². The molecule has 27 heavy (non-hydrogen) atoms. The Balaban J connectivity index is 1.98. The van der Waals surface area contributed by atoms with Crippen LogP contribution < -0.4 is 9.62 Å². The van der Waals surface area contributed by atoms with Crippen LogP contribution in [0.5, 0.6) is 0 Å². The van der Waals surface area contributed by atoms with Crippen LogP contribution in [0.15, 0.2) is 29.2 Å². The van der Waals surface area contributed by atoms with E-state index in [-0.39, 0.29) is 18.2 Å². The van der Waals surface area contributed by atoms with Crippen LogP contribution in [0.1, 0.15) is 6.42 Å². The Morgan fingerprint density at radius 1 is 1.30 bits per heavy atom. The SMILES string of the molecule is O=S(=O)(Nc1cccc(F)n1)c1c(F)cc(N2CCC(CF)C2)c(Cl)c1F. The molecule has 3 rings (SSSR count). The first-order chi connectivity index (χ1) is 12.7. The van der Waals surface area contributed by atoms with Gasteiger partial charge < -0.3 is 4.90 Å². The number of halogens is 5. The predicted molar refractivity (Wildman–Crippen MR) is 92.7 cm³/mol. The number of nitrogens with zero attached hydrogens (tertiary/aromatic N) is 2. The maximum Gasteiger partial charge on any atom is 0.268 e. The van der Waals surface area contributed by atoms with Gasteiger partial charge >= 0.3 is 0 Å². The number of benzene rings is 1. The molecule has 1 fully saturated rings. The van der Waals surface area contributed by atoms with Gasteiger partial charge in [0.05, 0.1) is 12.4 Å². The molecular formula is C16H14ClF4N3O2S. The molecule has 0 bridgehead atoms. The third-order valence-electron chi connectivity index (χ3n) is 4.16. The molecule has 0 radical (unpaired) electrons. The van der Waals surface area contributed by atoms with E-state index in [2.05, 4.69) is 4.98 Å². The molecule has 11 heteroatoms. The molecule has 2 aromatic rings. The molecule has 1 aromatic heterocycles. The molecule has 1 aliphatic heterocycles. The Morgan fingerprint density at radius 2 is 2.04 bits per heavy atom. The lowest BCUT2D eigenvalue weighted by atomic mass is 10.1. The summed E-state index contributed by atoms with van der Waals surface area (Å²) in [6.45, 7) is -0.0203. The summed E-state index contributed by atoms with van der Waals surface area (Å²) in [5.41, 5.74) is -0.0505. The van der Waals surface area contributed by atoms with Crippen molar-refractivity contribution in [3.8, 4) is 0 Å². The maximum atomic E-state index is 14.6. The van der Waals surface area contributed by atoms with E-state index in [4.69, 9.17) is 11.6 Å². The van der Waals surface area contributed by atoms with E-state index < -0.39 is 50.0 Å². The average Bonchev–Trinajstić information content (AvgIpc) is 3.06. The van der Waals surface area contributed by atoms with Crippen molar-refractivity contribution in [3.05, 3.63) is 46.9 Å². The molecule has 0 saturated carbocycles. The fraction of sp³-hybridized carbons (Fsp3) is 0.312. The molecule has 0 aliphatic carbocycles. The fourth-order valence-electron chi connectivity index (χ4n) is 2.87. The highest BCUT2D eigenvalue weighted by molar-refractivity contribution is 7.92. The van der Waals surface area contributed by atoms with E-state index in [1.54, 1.807) is 0 Å². The standard InChI is InChI=1S/C16H14ClF4N3O2S/c17-14-11(24-5-4-9(7-18)8-24)6-10(19)16(15(14)21)27(25,26)23-13-3-1-2-12(20)22-13/h1-3,6,9H,4-5,7-8H2,(H,22,23). The number of anilines is 2.